The van der Waals surface area contributed by atoms with Gasteiger partial charge in [-0.1, -0.05) is 12.1 Å². The molecular formula is C20H23NO4. The first-order chi connectivity index (χ1) is 12.1. The Morgan fingerprint density at radius 2 is 2.04 bits per heavy atom. The van der Waals surface area contributed by atoms with Gasteiger partial charge >= 0.3 is 0 Å². The van der Waals surface area contributed by atoms with Crippen molar-refractivity contribution in [1.29, 1.82) is 0 Å². The van der Waals surface area contributed by atoms with Crippen LogP contribution in [0.3, 0.4) is 0 Å². The zero-order chi connectivity index (χ0) is 17.4. The smallest absolute Gasteiger partial charge is 0.227 e. The van der Waals surface area contributed by atoms with Crippen molar-refractivity contribution in [3.05, 3.63) is 54.0 Å². The first-order valence-electron chi connectivity index (χ1n) is 8.79. The Balaban J connectivity index is 1.50. The van der Waals surface area contributed by atoms with Crippen LogP contribution in [0.25, 0.3) is 0 Å². The van der Waals surface area contributed by atoms with Gasteiger partial charge in [-0.05, 0) is 42.7 Å². The average molecular weight is 341 g/mol. The molecule has 1 amide bonds. The highest BCUT2D eigenvalue weighted by atomic mass is 16.5. The van der Waals surface area contributed by atoms with Gasteiger partial charge < -0.3 is 19.2 Å². The van der Waals surface area contributed by atoms with Crippen molar-refractivity contribution in [2.45, 2.75) is 49.8 Å². The van der Waals surface area contributed by atoms with Gasteiger partial charge in [0.25, 0.3) is 0 Å². The quantitative estimate of drug-likeness (QED) is 0.929. The monoisotopic (exact) mass is 341 g/mol. The molecule has 0 aliphatic carbocycles. The molecule has 5 nitrogen and oxygen atoms in total. The number of benzene rings is 1. The fraction of sp³-hybridized carbons (Fsp3) is 0.450. The minimum atomic E-state index is -0.956. The molecular weight excluding hydrogens is 318 g/mol. The van der Waals surface area contributed by atoms with Crippen molar-refractivity contribution in [1.82, 2.24) is 4.90 Å². The maximum atomic E-state index is 12.9. The van der Waals surface area contributed by atoms with E-state index in [0.29, 0.717) is 25.0 Å². The lowest BCUT2D eigenvalue weighted by Gasteiger charge is -2.43. The summed E-state index contributed by atoms with van der Waals surface area (Å²) < 4.78 is 10.7. The van der Waals surface area contributed by atoms with Gasteiger partial charge in [0.05, 0.1) is 19.8 Å². The molecule has 0 saturated carbocycles. The summed E-state index contributed by atoms with van der Waals surface area (Å²) in [5, 5.41) is 11.0. The second kappa shape index (κ2) is 6.23. The minimum Gasteiger partial charge on any atom is -0.497 e. The number of amides is 1. The maximum absolute atomic E-state index is 12.9. The van der Waals surface area contributed by atoms with Crippen LogP contribution < -0.4 is 4.74 Å². The van der Waals surface area contributed by atoms with E-state index in [-0.39, 0.29) is 18.0 Å². The van der Waals surface area contributed by atoms with Crippen molar-refractivity contribution >= 4 is 5.91 Å². The molecule has 2 aromatic rings. The normalized spacial score (nSPS) is 28.2. The third kappa shape index (κ3) is 2.93. The molecule has 1 aromatic heterocycles. The SMILES string of the molecule is COc1cccc(CC(=O)N2[C@@H]3CC[C@H]2CC(O)(c2ccco2)C3)c1. The first kappa shape index (κ1) is 16.2. The third-order valence-electron chi connectivity index (χ3n) is 5.52. The number of hydrogen-bond acceptors (Lipinski definition) is 4. The van der Waals surface area contributed by atoms with Crippen molar-refractivity contribution in [2.75, 3.05) is 7.11 Å². The van der Waals surface area contributed by atoms with Crippen LogP contribution in [0.1, 0.15) is 37.0 Å². The Bertz CT molecular complexity index is 741. The lowest BCUT2D eigenvalue weighted by molar-refractivity contribution is -0.142. The summed E-state index contributed by atoms with van der Waals surface area (Å²) in [6.45, 7) is 0. The standard InChI is InChI=1S/C20H23NO4/c1-24-17-5-2-4-14(10-17)11-19(22)21-15-7-8-16(21)13-20(23,12-15)18-6-3-9-25-18/h2-6,9-10,15-16,23H,7-8,11-13H2,1H3/t15-,16+,20?. The molecule has 2 aliphatic rings. The van der Waals surface area contributed by atoms with Gasteiger partial charge in [-0.15, -0.1) is 0 Å². The molecule has 2 saturated heterocycles. The molecule has 2 fully saturated rings. The fourth-order valence-electron chi connectivity index (χ4n) is 4.42. The lowest BCUT2D eigenvalue weighted by atomic mass is 9.84. The number of furan rings is 1. The van der Waals surface area contributed by atoms with E-state index >= 15 is 0 Å². The van der Waals surface area contributed by atoms with E-state index in [4.69, 9.17) is 9.15 Å². The van der Waals surface area contributed by atoms with E-state index < -0.39 is 5.60 Å². The van der Waals surface area contributed by atoms with Gasteiger partial charge in [-0.3, -0.25) is 4.79 Å². The molecule has 25 heavy (non-hydrogen) atoms. The van der Waals surface area contributed by atoms with E-state index in [2.05, 4.69) is 0 Å². The maximum Gasteiger partial charge on any atom is 0.227 e. The van der Waals surface area contributed by atoms with Crippen LogP contribution in [0.2, 0.25) is 0 Å². The van der Waals surface area contributed by atoms with Crippen molar-refractivity contribution in [3.8, 4) is 5.75 Å². The molecule has 1 N–H and O–H groups in total. The average Bonchev–Trinajstić information content (AvgIpc) is 3.23. The van der Waals surface area contributed by atoms with E-state index in [1.54, 1.807) is 19.4 Å². The first-order valence-corrected chi connectivity index (χ1v) is 8.79. The van der Waals surface area contributed by atoms with Crippen molar-refractivity contribution < 1.29 is 19.1 Å². The van der Waals surface area contributed by atoms with Crippen LogP contribution in [0.15, 0.2) is 47.1 Å². The van der Waals surface area contributed by atoms with Crippen LogP contribution in [0, 0.1) is 0 Å². The van der Waals surface area contributed by atoms with Crippen LogP contribution in [0.5, 0.6) is 5.75 Å². The fourth-order valence-corrected chi connectivity index (χ4v) is 4.42. The molecule has 1 unspecified atom stereocenters. The zero-order valence-corrected chi connectivity index (χ0v) is 14.4. The van der Waals surface area contributed by atoms with Gasteiger partial charge in [-0.25, -0.2) is 0 Å². The van der Waals surface area contributed by atoms with Crippen LogP contribution in [-0.2, 0) is 16.8 Å². The predicted molar refractivity (Wildman–Crippen MR) is 92.2 cm³/mol. The molecule has 0 radical (unpaired) electrons. The minimum absolute atomic E-state index is 0.0759. The van der Waals surface area contributed by atoms with Crippen LogP contribution in [-0.4, -0.2) is 35.1 Å². The zero-order valence-electron chi connectivity index (χ0n) is 14.4. The summed E-state index contributed by atoms with van der Waals surface area (Å²) in [7, 11) is 1.63. The van der Waals surface area contributed by atoms with E-state index in [1.165, 1.54) is 0 Å². The molecule has 2 aliphatic heterocycles. The number of carbonyl (C=O) groups is 1. The number of methoxy groups -OCH3 is 1. The predicted octanol–water partition coefficient (Wildman–Crippen LogP) is 2.87. The molecule has 3 atom stereocenters. The second-order valence-corrected chi connectivity index (χ2v) is 7.13. The van der Waals surface area contributed by atoms with Crippen LogP contribution in [0.4, 0.5) is 0 Å². The molecule has 4 rings (SSSR count). The van der Waals surface area contributed by atoms with Crippen LogP contribution >= 0.6 is 0 Å². The Hall–Kier alpha value is -2.27. The number of aliphatic hydroxyl groups is 1. The third-order valence-corrected chi connectivity index (χ3v) is 5.52. The molecule has 3 heterocycles. The number of piperidine rings is 1. The number of rotatable bonds is 4. The second-order valence-electron chi connectivity index (χ2n) is 7.13. The highest BCUT2D eigenvalue weighted by molar-refractivity contribution is 5.80. The van der Waals surface area contributed by atoms with Gasteiger partial charge in [0.15, 0.2) is 0 Å². The number of nitrogens with zero attached hydrogens (tertiary/aromatic N) is 1. The number of carbonyl (C=O) groups excluding carboxylic acids is 1. The summed E-state index contributed by atoms with van der Waals surface area (Å²) in [6, 6.07) is 11.4. The van der Waals surface area contributed by atoms with Crippen molar-refractivity contribution in [2.24, 2.45) is 0 Å². The Morgan fingerprint density at radius 1 is 1.28 bits per heavy atom. The van der Waals surface area contributed by atoms with Gasteiger partial charge in [0.2, 0.25) is 5.91 Å². The molecule has 5 heteroatoms. The number of hydrogen-bond donors (Lipinski definition) is 1. The van der Waals surface area contributed by atoms with E-state index in [0.717, 1.165) is 24.2 Å². The Labute approximate surface area is 147 Å². The summed E-state index contributed by atoms with van der Waals surface area (Å²) in [5.41, 5.74) is -0.00199. The molecule has 2 bridgehead atoms. The highest BCUT2D eigenvalue weighted by Gasteiger charge is 2.51. The summed E-state index contributed by atoms with van der Waals surface area (Å²) in [5.74, 6) is 1.51. The summed E-state index contributed by atoms with van der Waals surface area (Å²) >= 11 is 0. The Morgan fingerprint density at radius 3 is 2.68 bits per heavy atom. The van der Waals surface area contributed by atoms with E-state index in [9.17, 15) is 9.90 Å². The molecule has 132 valence electrons. The molecule has 0 spiro atoms. The molecule has 1 aromatic carbocycles. The lowest BCUT2D eigenvalue weighted by Crippen LogP contribution is -2.52. The summed E-state index contributed by atoms with van der Waals surface area (Å²) in [4.78, 5) is 14.9. The van der Waals surface area contributed by atoms with Crippen molar-refractivity contribution in [3.63, 3.8) is 0 Å². The van der Waals surface area contributed by atoms with Gasteiger partial charge in [0.1, 0.15) is 17.1 Å². The largest absolute Gasteiger partial charge is 0.497 e. The van der Waals surface area contributed by atoms with Gasteiger partial charge in [-0.2, -0.15) is 0 Å². The Kier molecular flexibility index (Phi) is 4.04. The topological polar surface area (TPSA) is 62.9 Å². The van der Waals surface area contributed by atoms with E-state index in [1.807, 2.05) is 35.2 Å². The summed E-state index contributed by atoms with van der Waals surface area (Å²) in [6.07, 6.45) is 4.93. The number of ether oxygens (including phenoxy) is 1. The highest BCUT2D eigenvalue weighted by Crippen LogP contribution is 2.46. The number of fused-ring (bicyclic) bond motifs is 2. The van der Waals surface area contributed by atoms with Gasteiger partial charge in [0, 0.05) is 24.9 Å².